The Labute approximate surface area is 227 Å². The zero-order chi connectivity index (χ0) is 21.6. The predicted octanol–water partition coefficient (Wildman–Crippen LogP) is 7.51. The Morgan fingerprint density at radius 1 is 0.882 bits per heavy atom. The third-order valence-corrected chi connectivity index (χ3v) is 6.69. The van der Waals surface area contributed by atoms with E-state index in [1.54, 1.807) is 0 Å². The van der Waals surface area contributed by atoms with Crippen molar-refractivity contribution in [2.75, 3.05) is 23.3 Å². The van der Waals surface area contributed by atoms with Gasteiger partial charge in [-0.2, -0.15) is 0 Å². The minimum atomic E-state index is 0. The summed E-state index contributed by atoms with van der Waals surface area (Å²) in [6, 6.07) is 18.1. The summed E-state index contributed by atoms with van der Waals surface area (Å²) < 4.78 is 0. The van der Waals surface area contributed by atoms with E-state index in [2.05, 4.69) is 70.8 Å². The van der Waals surface area contributed by atoms with Crippen LogP contribution >= 0.6 is 48.8 Å². The highest BCUT2D eigenvalue weighted by molar-refractivity contribution is 6.31. The lowest BCUT2D eigenvalue weighted by Gasteiger charge is -2.31. The maximum absolute atomic E-state index is 6.12. The van der Waals surface area contributed by atoms with Crippen molar-refractivity contribution in [2.45, 2.75) is 58.2 Å². The molecule has 1 heterocycles. The summed E-state index contributed by atoms with van der Waals surface area (Å²) in [7, 11) is 0. The smallest absolute Gasteiger partial charge is 0.0737 e. The molecule has 0 atom stereocenters. The van der Waals surface area contributed by atoms with Gasteiger partial charge in [0.15, 0.2) is 0 Å². The monoisotopic (exact) mass is 544 g/mol. The number of fused-ring (bicyclic) bond motifs is 1. The van der Waals surface area contributed by atoms with E-state index < -0.39 is 0 Å². The zero-order valence-corrected chi connectivity index (χ0v) is 23.0. The van der Waals surface area contributed by atoms with Gasteiger partial charge in [0.2, 0.25) is 0 Å². The van der Waals surface area contributed by atoms with Crippen LogP contribution in [0.15, 0.2) is 54.7 Å². The van der Waals surface area contributed by atoms with Gasteiger partial charge in [0.05, 0.1) is 5.52 Å². The Morgan fingerprint density at radius 3 is 2.18 bits per heavy atom. The first-order chi connectivity index (χ1) is 15.2. The molecule has 188 valence electrons. The Balaban J connectivity index is 0.00000193. The summed E-state index contributed by atoms with van der Waals surface area (Å²) in [5.74, 6) is 0. The minimum absolute atomic E-state index is 0. The molecule has 4 nitrogen and oxygen atoms in total. The standard InChI is InChI=1S/C26H33ClN4.3ClH/c1-3-31(4-2)23-12-5-19(6-13-23)18-29-21-8-10-22(11-9-21)30-25-15-16-28-26-17-20(27)7-14-24(25)26;;;/h5-7,12-17,21-22,29H,3-4,8-11,18H2,1-2H3,(H,28,30);3*1H. The second-order valence-corrected chi connectivity index (χ2v) is 8.87. The van der Waals surface area contributed by atoms with Gasteiger partial charge in [-0.3, -0.25) is 4.98 Å². The van der Waals surface area contributed by atoms with E-state index in [0.29, 0.717) is 12.1 Å². The Morgan fingerprint density at radius 2 is 1.53 bits per heavy atom. The van der Waals surface area contributed by atoms with Crippen LogP contribution in [0, 0.1) is 0 Å². The van der Waals surface area contributed by atoms with Crippen LogP contribution in [0.25, 0.3) is 10.9 Å². The molecule has 2 aromatic carbocycles. The number of nitrogens with one attached hydrogen (secondary N) is 2. The topological polar surface area (TPSA) is 40.2 Å². The van der Waals surface area contributed by atoms with Gasteiger partial charge in [-0.25, -0.2) is 0 Å². The van der Waals surface area contributed by atoms with E-state index in [0.717, 1.165) is 41.2 Å². The number of hydrogen-bond acceptors (Lipinski definition) is 4. The summed E-state index contributed by atoms with van der Waals surface area (Å²) >= 11 is 6.12. The largest absolute Gasteiger partial charge is 0.382 e. The number of rotatable bonds is 8. The van der Waals surface area contributed by atoms with Crippen LogP contribution in [0.2, 0.25) is 5.02 Å². The molecular formula is C26H36Cl4N4. The molecule has 0 spiro atoms. The average molecular weight is 546 g/mol. The van der Waals surface area contributed by atoms with Gasteiger partial charge >= 0.3 is 0 Å². The third kappa shape index (κ3) is 7.79. The van der Waals surface area contributed by atoms with Crippen LogP contribution < -0.4 is 15.5 Å². The predicted molar refractivity (Wildman–Crippen MR) is 155 cm³/mol. The molecule has 1 aromatic heterocycles. The van der Waals surface area contributed by atoms with Crippen LogP contribution in [0.4, 0.5) is 11.4 Å². The Kier molecular flexibility index (Phi) is 13.4. The maximum atomic E-state index is 6.12. The van der Waals surface area contributed by atoms with Crippen molar-refractivity contribution >= 4 is 71.1 Å². The number of nitrogens with zero attached hydrogens (tertiary/aromatic N) is 2. The number of hydrogen-bond donors (Lipinski definition) is 2. The molecule has 0 unspecified atom stereocenters. The number of pyridine rings is 1. The number of halogens is 4. The van der Waals surface area contributed by atoms with E-state index in [1.807, 2.05) is 18.3 Å². The van der Waals surface area contributed by atoms with Crippen molar-refractivity contribution < 1.29 is 0 Å². The Bertz CT molecular complexity index is 988. The number of aromatic nitrogens is 1. The molecule has 3 aromatic rings. The fourth-order valence-corrected chi connectivity index (χ4v) is 4.75. The van der Waals surface area contributed by atoms with Gasteiger partial charge in [-0.15, -0.1) is 37.2 Å². The Hall–Kier alpha value is -1.43. The van der Waals surface area contributed by atoms with E-state index in [-0.39, 0.29) is 37.2 Å². The summed E-state index contributed by atoms with van der Waals surface area (Å²) in [6.07, 6.45) is 6.61. The first-order valence-corrected chi connectivity index (χ1v) is 11.9. The zero-order valence-electron chi connectivity index (χ0n) is 19.8. The highest BCUT2D eigenvalue weighted by Crippen LogP contribution is 2.28. The molecule has 1 aliphatic carbocycles. The fraction of sp³-hybridized carbons (Fsp3) is 0.423. The number of anilines is 2. The van der Waals surface area contributed by atoms with Crippen molar-refractivity contribution in [3.63, 3.8) is 0 Å². The van der Waals surface area contributed by atoms with Crippen molar-refractivity contribution in [3.8, 4) is 0 Å². The van der Waals surface area contributed by atoms with Crippen molar-refractivity contribution in [1.29, 1.82) is 0 Å². The van der Waals surface area contributed by atoms with E-state index in [1.165, 1.54) is 36.9 Å². The molecule has 0 radical (unpaired) electrons. The molecule has 0 aliphatic heterocycles. The molecule has 0 amide bonds. The molecule has 4 rings (SSSR count). The highest BCUT2D eigenvalue weighted by Gasteiger charge is 2.21. The molecular weight excluding hydrogens is 510 g/mol. The molecule has 0 saturated heterocycles. The fourth-order valence-electron chi connectivity index (χ4n) is 4.58. The molecule has 1 fully saturated rings. The third-order valence-electron chi connectivity index (χ3n) is 6.45. The minimum Gasteiger partial charge on any atom is -0.382 e. The highest BCUT2D eigenvalue weighted by atomic mass is 35.5. The van der Waals surface area contributed by atoms with Crippen LogP contribution in [0.3, 0.4) is 0 Å². The van der Waals surface area contributed by atoms with Crippen LogP contribution in [-0.2, 0) is 6.54 Å². The first-order valence-electron chi connectivity index (χ1n) is 11.5. The molecule has 8 heteroatoms. The molecule has 34 heavy (non-hydrogen) atoms. The van der Waals surface area contributed by atoms with Crippen LogP contribution in [-0.4, -0.2) is 30.2 Å². The second kappa shape index (κ2) is 14.9. The quantitative estimate of drug-likeness (QED) is 0.307. The average Bonchev–Trinajstić information content (AvgIpc) is 2.80. The summed E-state index contributed by atoms with van der Waals surface area (Å²) in [5, 5.41) is 9.39. The van der Waals surface area contributed by atoms with Gasteiger partial charge in [0.25, 0.3) is 0 Å². The molecule has 1 saturated carbocycles. The van der Waals surface area contributed by atoms with Gasteiger partial charge in [-0.05, 0) is 81.5 Å². The van der Waals surface area contributed by atoms with Crippen molar-refractivity contribution in [2.24, 2.45) is 0 Å². The lowest BCUT2D eigenvalue weighted by Crippen LogP contribution is -2.36. The first kappa shape index (κ1) is 30.6. The van der Waals surface area contributed by atoms with Gasteiger partial charge < -0.3 is 15.5 Å². The van der Waals surface area contributed by atoms with Crippen LogP contribution in [0.1, 0.15) is 45.1 Å². The summed E-state index contributed by atoms with van der Waals surface area (Å²) in [4.78, 5) is 6.83. The van der Waals surface area contributed by atoms with E-state index >= 15 is 0 Å². The molecule has 0 bridgehead atoms. The van der Waals surface area contributed by atoms with Crippen LogP contribution in [0.5, 0.6) is 0 Å². The molecule has 2 N–H and O–H groups in total. The van der Waals surface area contributed by atoms with Gasteiger partial charge in [0.1, 0.15) is 0 Å². The molecule has 1 aliphatic rings. The maximum Gasteiger partial charge on any atom is 0.0737 e. The van der Waals surface area contributed by atoms with Crippen molar-refractivity contribution in [3.05, 3.63) is 65.3 Å². The van der Waals surface area contributed by atoms with Crippen molar-refractivity contribution in [1.82, 2.24) is 10.3 Å². The van der Waals surface area contributed by atoms with Gasteiger partial charge in [0, 0.05) is 59.7 Å². The number of benzene rings is 2. The second-order valence-electron chi connectivity index (χ2n) is 8.43. The lowest BCUT2D eigenvalue weighted by molar-refractivity contribution is 0.353. The van der Waals surface area contributed by atoms with E-state index in [9.17, 15) is 0 Å². The van der Waals surface area contributed by atoms with Gasteiger partial charge in [-0.1, -0.05) is 23.7 Å². The SMILES string of the molecule is CCN(CC)c1ccc(CNC2CCC(Nc3ccnc4cc(Cl)ccc34)CC2)cc1.Cl.Cl.Cl. The normalized spacial score (nSPS) is 17.1. The summed E-state index contributed by atoms with van der Waals surface area (Å²) in [6.45, 7) is 7.45. The summed E-state index contributed by atoms with van der Waals surface area (Å²) in [5.41, 5.74) is 4.77. The lowest BCUT2D eigenvalue weighted by atomic mass is 9.90. The van der Waals surface area contributed by atoms with E-state index in [4.69, 9.17) is 11.6 Å².